The predicted molar refractivity (Wildman–Crippen MR) is 65.3 cm³/mol. The maximum atomic E-state index is 11.9. The van der Waals surface area contributed by atoms with Crippen LogP contribution in [0.4, 0.5) is 0 Å². The molecule has 1 aliphatic rings. The van der Waals surface area contributed by atoms with Crippen LogP contribution in [0.15, 0.2) is 0 Å². The summed E-state index contributed by atoms with van der Waals surface area (Å²) in [6.07, 6.45) is 2.99. The molecule has 0 aromatic carbocycles. The zero-order valence-electron chi connectivity index (χ0n) is 10.2. The summed E-state index contributed by atoms with van der Waals surface area (Å²) in [6, 6.07) is 0. The Hall–Kier alpha value is -0.870. The van der Waals surface area contributed by atoms with Gasteiger partial charge in [-0.15, -0.1) is 0 Å². The molecule has 0 bridgehead atoms. The van der Waals surface area contributed by atoms with E-state index >= 15 is 0 Å². The molecule has 94 valence electrons. The van der Waals surface area contributed by atoms with Crippen LogP contribution in [0.3, 0.4) is 0 Å². The SMILES string of the molecule is Cc1nn(C)c(CC(=O)CC2CCCO2)c1Cl. The number of rotatable bonds is 4. The van der Waals surface area contributed by atoms with Crippen LogP contribution >= 0.6 is 11.6 Å². The van der Waals surface area contributed by atoms with E-state index < -0.39 is 0 Å². The van der Waals surface area contributed by atoms with Gasteiger partial charge in [0, 0.05) is 26.5 Å². The molecule has 0 spiro atoms. The average Bonchev–Trinajstić information content (AvgIpc) is 2.83. The number of ether oxygens (including phenoxy) is 1. The number of carbonyl (C=O) groups is 1. The Balaban J connectivity index is 1.97. The van der Waals surface area contributed by atoms with Gasteiger partial charge >= 0.3 is 0 Å². The minimum atomic E-state index is 0.107. The largest absolute Gasteiger partial charge is 0.378 e. The van der Waals surface area contributed by atoms with Gasteiger partial charge in [-0.05, 0) is 19.8 Å². The summed E-state index contributed by atoms with van der Waals surface area (Å²) in [5.41, 5.74) is 1.57. The molecule has 17 heavy (non-hydrogen) atoms. The quantitative estimate of drug-likeness (QED) is 0.828. The molecular formula is C12H17ClN2O2. The lowest BCUT2D eigenvalue weighted by atomic mass is 10.1. The minimum absolute atomic E-state index is 0.107. The number of hydrogen-bond acceptors (Lipinski definition) is 3. The standard InChI is InChI=1S/C12H17ClN2O2/c1-8-12(13)11(15(2)14-8)7-9(16)6-10-4-3-5-17-10/h10H,3-7H2,1-2H3. The van der Waals surface area contributed by atoms with E-state index in [0.717, 1.165) is 30.8 Å². The lowest BCUT2D eigenvalue weighted by Crippen LogP contribution is -2.15. The molecular weight excluding hydrogens is 240 g/mol. The van der Waals surface area contributed by atoms with Gasteiger partial charge in [0.2, 0.25) is 0 Å². The number of aryl methyl sites for hydroxylation is 2. The second-order valence-electron chi connectivity index (χ2n) is 4.52. The summed E-state index contributed by atoms with van der Waals surface area (Å²) in [5.74, 6) is 0.168. The van der Waals surface area contributed by atoms with E-state index in [1.807, 2.05) is 14.0 Å². The van der Waals surface area contributed by atoms with Crippen molar-refractivity contribution in [1.82, 2.24) is 9.78 Å². The molecule has 0 amide bonds. The first-order valence-electron chi connectivity index (χ1n) is 5.89. The third-order valence-electron chi connectivity index (χ3n) is 3.11. The van der Waals surface area contributed by atoms with E-state index in [4.69, 9.17) is 16.3 Å². The topological polar surface area (TPSA) is 44.1 Å². The molecule has 2 rings (SSSR count). The fourth-order valence-electron chi connectivity index (χ4n) is 2.19. The molecule has 1 saturated heterocycles. The highest BCUT2D eigenvalue weighted by Gasteiger charge is 2.21. The highest BCUT2D eigenvalue weighted by atomic mass is 35.5. The van der Waals surface area contributed by atoms with Crippen molar-refractivity contribution in [2.45, 2.75) is 38.7 Å². The third kappa shape index (κ3) is 2.87. The Morgan fingerprint density at radius 3 is 2.94 bits per heavy atom. The molecule has 1 fully saturated rings. The van der Waals surface area contributed by atoms with Crippen molar-refractivity contribution in [3.63, 3.8) is 0 Å². The van der Waals surface area contributed by atoms with Crippen LogP contribution in [0.5, 0.6) is 0 Å². The monoisotopic (exact) mass is 256 g/mol. The van der Waals surface area contributed by atoms with Gasteiger partial charge in [-0.25, -0.2) is 0 Å². The first-order chi connectivity index (χ1) is 8.08. The van der Waals surface area contributed by atoms with Gasteiger partial charge in [0.25, 0.3) is 0 Å². The van der Waals surface area contributed by atoms with Crippen molar-refractivity contribution in [3.8, 4) is 0 Å². The van der Waals surface area contributed by atoms with Crippen LogP contribution in [-0.4, -0.2) is 28.3 Å². The van der Waals surface area contributed by atoms with Gasteiger partial charge in [-0.3, -0.25) is 9.48 Å². The predicted octanol–water partition coefficient (Wildman–Crippen LogP) is 2.06. The third-order valence-corrected chi connectivity index (χ3v) is 3.60. The van der Waals surface area contributed by atoms with Crippen molar-refractivity contribution in [2.24, 2.45) is 7.05 Å². The van der Waals surface area contributed by atoms with Gasteiger partial charge in [-0.1, -0.05) is 11.6 Å². The van der Waals surface area contributed by atoms with Crippen molar-refractivity contribution >= 4 is 17.4 Å². The van der Waals surface area contributed by atoms with E-state index in [2.05, 4.69) is 5.10 Å². The average molecular weight is 257 g/mol. The Morgan fingerprint density at radius 2 is 2.41 bits per heavy atom. The van der Waals surface area contributed by atoms with Crippen LogP contribution in [-0.2, 0) is 23.0 Å². The van der Waals surface area contributed by atoms with Crippen LogP contribution in [0.2, 0.25) is 5.02 Å². The number of Topliss-reactive ketones (excluding diaryl/α,β-unsaturated/α-hetero) is 1. The maximum Gasteiger partial charge on any atom is 0.141 e. The van der Waals surface area contributed by atoms with Crippen LogP contribution in [0, 0.1) is 6.92 Å². The highest BCUT2D eigenvalue weighted by molar-refractivity contribution is 6.32. The summed E-state index contributed by atoms with van der Waals surface area (Å²) in [4.78, 5) is 11.9. The van der Waals surface area contributed by atoms with E-state index in [1.165, 1.54) is 0 Å². The van der Waals surface area contributed by atoms with Gasteiger partial charge in [0.05, 0.1) is 22.5 Å². The Morgan fingerprint density at radius 1 is 1.65 bits per heavy atom. The minimum Gasteiger partial charge on any atom is -0.378 e. The van der Waals surface area contributed by atoms with Crippen LogP contribution in [0.25, 0.3) is 0 Å². The van der Waals surface area contributed by atoms with Gasteiger partial charge < -0.3 is 4.74 Å². The summed E-state index contributed by atoms with van der Waals surface area (Å²) in [7, 11) is 1.81. The number of halogens is 1. The van der Waals surface area contributed by atoms with Crippen LogP contribution < -0.4 is 0 Å². The number of ketones is 1. The summed E-state index contributed by atoms with van der Waals surface area (Å²) >= 11 is 6.11. The van der Waals surface area contributed by atoms with Crippen molar-refractivity contribution < 1.29 is 9.53 Å². The fourth-order valence-corrected chi connectivity index (χ4v) is 2.42. The van der Waals surface area contributed by atoms with Crippen molar-refractivity contribution in [2.75, 3.05) is 6.61 Å². The molecule has 0 radical (unpaired) electrons. The summed E-state index contributed by atoms with van der Waals surface area (Å²) < 4.78 is 7.14. The van der Waals surface area contributed by atoms with E-state index in [9.17, 15) is 4.79 Å². The molecule has 5 heteroatoms. The maximum absolute atomic E-state index is 11.9. The molecule has 1 aromatic rings. The fraction of sp³-hybridized carbons (Fsp3) is 0.667. The smallest absolute Gasteiger partial charge is 0.141 e. The number of aromatic nitrogens is 2. The number of nitrogens with zero attached hydrogens (tertiary/aromatic N) is 2. The lowest BCUT2D eigenvalue weighted by Gasteiger charge is -2.08. The number of carbonyl (C=O) groups excluding carboxylic acids is 1. The molecule has 1 unspecified atom stereocenters. The van der Waals surface area contributed by atoms with E-state index in [-0.39, 0.29) is 11.9 Å². The highest BCUT2D eigenvalue weighted by Crippen LogP contribution is 2.22. The summed E-state index contributed by atoms with van der Waals surface area (Å²) in [5, 5.41) is 4.80. The normalized spacial score (nSPS) is 19.8. The second-order valence-corrected chi connectivity index (χ2v) is 4.90. The molecule has 1 atom stereocenters. The van der Waals surface area contributed by atoms with Gasteiger partial charge in [0.1, 0.15) is 5.78 Å². The number of hydrogen-bond donors (Lipinski definition) is 0. The Kier molecular flexibility index (Phi) is 3.84. The molecule has 0 N–H and O–H groups in total. The molecule has 1 aromatic heterocycles. The molecule has 4 nitrogen and oxygen atoms in total. The zero-order chi connectivity index (χ0) is 12.4. The first kappa shape index (κ1) is 12.6. The van der Waals surface area contributed by atoms with Gasteiger partial charge in [0.15, 0.2) is 0 Å². The lowest BCUT2D eigenvalue weighted by molar-refractivity contribution is -0.120. The second kappa shape index (κ2) is 5.19. The van der Waals surface area contributed by atoms with E-state index in [0.29, 0.717) is 17.9 Å². The molecule has 0 aliphatic carbocycles. The van der Waals surface area contributed by atoms with E-state index in [1.54, 1.807) is 4.68 Å². The Bertz CT molecular complexity index is 422. The summed E-state index contributed by atoms with van der Waals surface area (Å²) in [6.45, 7) is 2.62. The molecule has 2 heterocycles. The molecule has 1 aliphatic heterocycles. The zero-order valence-corrected chi connectivity index (χ0v) is 11.0. The molecule has 0 saturated carbocycles. The van der Waals surface area contributed by atoms with Crippen molar-refractivity contribution in [3.05, 3.63) is 16.4 Å². The first-order valence-corrected chi connectivity index (χ1v) is 6.27. The Labute approximate surface area is 106 Å². The van der Waals surface area contributed by atoms with Crippen molar-refractivity contribution in [1.29, 1.82) is 0 Å². The van der Waals surface area contributed by atoms with Crippen LogP contribution in [0.1, 0.15) is 30.7 Å². The van der Waals surface area contributed by atoms with Gasteiger partial charge in [-0.2, -0.15) is 5.10 Å².